The van der Waals surface area contributed by atoms with Crippen LogP contribution in [0.1, 0.15) is 81.5 Å². The summed E-state index contributed by atoms with van der Waals surface area (Å²) >= 11 is 0. The second-order valence-electron chi connectivity index (χ2n) is 10.9. The van der Waals surface area contributed by atoms with Crippen LogP contribution in [0.3, 0.4) is 0 Å². The van der Waals surface area contributed by atoms with Crippen molar-refractivity contribution in [3.63, 3.8) is 0 Å². The molecule has 0 spiro atoms. The minimum atomic E-state index is -1.37. The zero-order chi connectivity index (χ0) is 20.8. The predicted octanol–water partition coefficient (Wildman–Crippen LogP) is 7.01. The van der Waals surface area contributed by atoms with Crippen LogP contribution in [-0.4, -0.2) is 32.2 Å². The standard InChI is InChI=1S/C21H46N2P2Si/c1-15(2)22(16(3)4)24-19(21(9,10)11)20(26(12,13)14)25(24)23(17(5)6)18(7)8/h15-18H,1-14H3. The van der Waals surface area contributed by atoms with Gasteiger partial charge in [-0.25, -0.2) is 0 Å². The van der Waals surface area contributed by atoms with Gasteiger partial charge in [0.25, 0.3) is 0 Å². The van der Waals surface area contributed by atoms with Crippen molar-refractivity contribution < 1.29 is 0 Å². The molecule has 5 heteroatoms. The Bertz CT molecular complexity index is 516. The summed E-state index contributed by atoms with van der Waals surface area (Å²) in [6.45, 7) is 34.3. The second kappa shape index (κ2) is 8.46. The van der Waals surface area contributed by atoms with Gasteiger partial charge in [-0.15, -0.1) is 0 Å². The van der Waals surface area contributed by atoms with E-state index in [4.69, 9.17) is 0 Å². The summed E-state index contributed by atoms with van der Waals surface area (Å²) in [4.78, 5) is 1.92. The molecular formula is C21H46N2P2Si. The van der Waals surface area contributed by atoms with Crippen molar-refractivity contribution in [2.75, 3.05) is 9.34 Å². The van der Waals surface area contributed by atoms with Crippen molar-refractivity contribution in [1.29, 1.82) is 0 Å². The third-order valence-corrected chi connectivity index (χ3v) is 18.6. The molecule has 154 valence electrons. The second-order valence-corrected chi connectivity index (χ2v) is 21.6. The number of hydrogen-bond acceptors (Lipinski definition) is 2. The molecule has 0 saturated carbocycles. The van der Waals surface area contributed by atoms with Crippen molar-refractivity contribution in [1.82, 2.24) is 0 Å². The minimum absolute atomic E-state index is 0.197. The summed E-state index contributed by atoms with van der Waals surface area (Å²) < 4.78 is 5.77. The minimum Gasteiger partial charge on any atom is -0.252 e. The lowest BCUT2D eigenvalue weighted by atomic mass is 9.96. The molecule has 0 bridgehead atoms. The Morgan fingerprint density at radius 2 is 0.962 bits per heavy atom. The van der Waals surface area contributed by atoms with E-state index in [-0.39, 0.29) is 20.1 Å². The molecule has 1 heterocycles. The quantitative estimate of drug-likeness (QED) is 0.441. The van der Waals surface area contributed by atoms with E-state index in [9.17, 15) is 0 Å². The maximum atomic E-state index is 2.89. The first-order valence-electron chi connectivity index (χ1n) is 10.4. The molecule has 0 N–H and O–H groups in total. The van der Waals surface area contributed by atoms with E-state index in [1.807, 2.05) is 10.2 Å². The van der Waals surface area contributed by atoms with Crippen LogP contribution < -0.4 is 14.3 Å². The van der Waals surface area contributed by atoms with Gasteiger partial charge in [0.1, 0.15) is 0 Å². The highest BCUT2D eigenvalue weighted by atomic mass is 31.9. The van der Waals surface area contributed by atoms with Crippen LogP contribution in [0.25, 0.3) is 0 Å². The van der Waals surface area contributed by atoms with Gasteiger partial charge in [-0.2, -0.15) is 0 Å². The lowest BCUT2D eigenvalue weighted by molar-refractivity contribution is 0.599. The van der Waals surface area contributed by atoms with Crippen molar-refractivity contribution >= 4 is 27.7 Å². The van der Waals surface area contributed by atoms with Gasteiger partial charge in [-0.05, 0) is 80.4 Å². The highest BCUT2D eigenvalue weighted by molar-refractivity contribution is 8.15. The van der Waals surface area contributed by atoms with Crippen molar-refractivity contribution in [2.45, 2.75) is 125 Å². The molecule has 1 aromatic heterocycles. The van der Waals surface area contributed by atoms with E-state index in [0.717, 1.165) is 0 Å². The summed E-state index contributed by atoms with van der Waals surface area (Å²) in [7, 11) is -1.79. The molecule has 0 aliphatic heterocycles. The molecule has 0 fully saturated rings. The van der Waals surface area contributed by atoms with Crippen molar-refractivity contribution in [2.24, 2.45) is 0 Å². The zero-order valence-corrected chi connectivity index (χ0v) is 22.9. The number of nitrogens with zero attached hydrogens (tertiary/aromatic N) is 2. The van der Waals surface area contributed by atoms with E-state index in [1.165, 1.54) is 0 Å². The highest BCUT2D eigenvalue weighted by Crippen LogP contribution is 2.65. The van der Waals surface area contributed by atoms with Crippen LogP contribution in [0.15, 0.2) is 0 Å². The van der Waals surface area contributed by atoms with Crippen LogP contribution in [0, 0.1) is 0 Å². The molecule has 0 aliphatic rings. The fourth-order valence-electron chi connectivity index (χ4n) is 4.14. The normalized spacial score (nSPS) is 15.7. The van der Waals surface area contributed by atoms with Crippen molar-refractivity contribution in [3.8, 4) is 0 Å². The van der Waals surface area contributed by atoms with Gasteiger partial charge in [-0.3, -0.25) is 9.34 Å². The largest absolute Gasteiger partial charge is 0.252 e. The SMILES string of the molecule is CC(C)N(C(C)C)p1c(C(C)(C)C)c([Si](C)(C)C)p1N(C(C)C)C(C)C. The first-order valence-corrected chi connectivity index (χ1v) is 17.2. The lowest BCUT2D eigenvalue weighted by Gasteiger charge is -2.50. The molecule has 1 rings (SSSR count). The molecule has 0 aromatic carbocycles. The Morgan fingerprint density at radius 3 is 1.19 bits per heavy atom. The molecule has 0 saturated heterocycles. The molecular weight excluding hydrogens is 370 g/mol. The van der Waals surface area contributed by atoms with Gasteiger partial charge in [0.2, 0.25) is 0 Å². The molecule has 2 atom stereocenters. The maximum Gasteiger partial charge on any atom is 0.0856 e. The molecule has 2 nitrogen and oxygen atoms in total. The Hall–Kier alpha value is 0.477. The summed E-state index contributed by atoms with van der Waals surface area (Å²) in [5.41, 5.74) is 0.280. The van der Waals surface area contributed by atoms with E-state index in [2.05, 4.69) is 105 Å². The Labute approximate surface area is 167 Å². The van der Waals surface area contributed by atoms with Crippen LogP contribution in [0.2, 0.25) is 19.6 Å². The molecule has 0 aliphatic carbocycles. The molecule has 2 unspecified atom stereocenters. The Morgan fingerprint density at radius 1 is 0.654 bits per heavy atom. The molecule has 0 amide bonds. The van der Waals surface area contributed by atoms with Gasteiger partial charge in [-0.1, -0.05) is 40.4 Å². The van der Waals surface area contributed by atoms with Gasteiger partial charge in [0, 0.05) is 29.5 Å². The van der Waals surface area contributed by atoms with E-state index < -0.39 is 8.07 Å². The van der Waals surface area contributed by atoms with Crippen molar-refractivity contribution in [3.05, 3.63) is 5.30 Å². The Balaban J connectivity index is 3.91. The molecule has 1 aromatic rings. The fourth-order valence-corrected chi connectivity index (χ4v) is 23.6. The van der Waals surface area contributed by atoms with Crippen LogP contribution in [0.4, 0.5) is 0 Å². The monoisotopic (exact) mass is 416 g/mol. The number of rotatable bonds is 7. The van der Waals surface area contributed by atoms with Gasteiger partial charge in [0.05, 0.1) is 8.07 Å². The average Bonchev–Trinajstić information content (AvgIpc) is 2.34. The summed E-state index contributed by atoms with van der Waals surface area (Å²) in [5.74, 6) is 0. The lowest BCUT2D eigenvalue weighted by Crippen LogP contribution is -2.51. The molecule has 0 radical (unpaired) electrons. The molecule has 26 heavy (non-hydrogen) atoms. The summed E-state index contributed by atoms with van der Waals surface area (Å²) in [5, 5.41) is 1.84. The smallest absolute Gasteiger partial charge is 0.0856 e. The zero-order valence-electron chi connectivity index (χ0n) is 20.1. The fraction of sp³-hybridized carbons (Fsp3) is 0.905. The third-order valence-electron chi connectivity index (χ3n) is 4.78. The first kappa shape index (κ1) is 24.5. The highest BCUT2D eigenvalue weighted by Gasteiger charge is 2.43. The topological polar surface area (TPSA) is 6.48 Å². The van der Waals surface area contributed by atoms with Crippen LogP contribution in [-0.2, 0) is 5.41 Å². The average molecular weight is 417 g/mol. The van der Waals surface area contributed by atoms with Crippen LogP contribution in [0.5, 0.6) is 0 Å². The first-order chi connectivity index (χ1) is 11.5. The van der Waals surface area contributed by atoms with Gasteiger partial charge < -0.3 is 0 Å². The Kier molecular flexibility index (Phi) is 7.98. The van der Waals surface area contributed by atoms with Crippen LogP contribution >= 0.6 is 14.7 Å². The van der Waals surface area contributed by atoms with Gasteiger partial charge in [0.15, 0.2) is 0 Å². The summed E-state index contributed by atoms with van der Waals surface area (Å²) in [6, 6.07) is 2.43. The third kappa shape index (κ3) is 4.90. The van der Waals surface area contributed by atoms with Gasteiger partial charge >= 0.3 is 0 Å². The van der Waals surface area contributed by atoms with E-state index in [1.54, 1.807) is 0 Å². The number of hydrogen-bond donors (Lipinski definition) is 0. The summed E-state index contributed by atoms with van der Waals surface area (Å²) in [6.07, 6.45) is 0. The predicted molar refractivity (Wildman–Crippen MR) is 131 cm³/mol. The van der Waals surface area contributed by atoms with E-state index in [0.29, 0.717) is 24.2 Å². The van der Waals surface area contributed by atoms with E-state index >= 15 is 0 Å². The maximum absolute atomic E-state index is 2.89.